The Kier molecular flexibility index (Phi) is 10.9. The van der Waals surface area contributed by atoms with Crippen molar-refractivity contribution in [1.29, 1.82) is 0 Å². The van der Waals surface area contributed by atoms with Crippen LogP contribution >= 0.6 is 11.6 Å². The Labute approximate surface area is 152 Å². The van der Waals surface area contributed by atoms with Crippen LogP contribution in [0.25, 0.3) is 0 Å². The van der Waals surface area contributed by atoms with Crippen LogP contribution in [0.5, 0.6) is 0 Å². The van der Waals surface area contributed by atoms with Crippen molar-refractivity contribution in [2.45, 2.75) is 13.8 Å². The smallest absolute Gasteiger partial charge is 0.335 e. The Morgan fingerprint density at radius 3 is 2.00 bits per heavy atom. The normalized spacial score (nSPS) is 9.96. The number of oxime groups is 1. The number of carboxylic acid groups (broad SMARTS) is 1. The molecular formula is C18H23ClN2O4. The number of nitrogens with zero attached hydrogens (tertiary/aromatic N) is 1. The van der Waals surface area contributed by atoms with E-state index in [1.165, 1.54) is 19.1 Å². The fourth-order valence-corrected chi connectivity index (χ4v) is 2.20. The monoisotopic (exact) mass is 366 g/mol. The molecule has 0 aliphatic carbocycles. The van der Waals surface area contributed by atoms with Crippen LogP contribution in [0.1, 0.15) is 32.6 Å². The van der Waals surface area contributed by atoms with E-state index in [0.717, 1.165) is 16.7 Å². The van der Waals surface area contributed by atoms with Gasteiger partial charge in [-0.2, -0.15) is 0 Å². The first-order chi connectivity index (χ1) is 12.0. The Morgan fingerprint density at radius 2 is 1.56 bits per heavy atom. The highest BCUT2D eigenvalue weighted by Gasteiger charge is 2.12. The van der Waals surface area contributed by atoms with E-state index >= 15 is 0 Å². The number of carbonyl (C=O) groups is 1. The lowest BCUT2D eigenvalue weighted by molar-refractivity contribution is 0.0697. The molecule has 2 aromatic carbocycles. The molecule has 0 aliphatic rings. The van der Waals surface area contributed by atoms with Crippen molar-refractivity contribution in [2.75, 3.05) is 13.5 Å². The number of hydrogen-bond donors (Lipinski definition) is 3. The molecule has 0 heterocycles. The highest BCUT2D eigenvalue weighted by atomic mass is 35.5. The summed E-state index contributed by atoms with van der Waals surface area (Å²) in [6.45, 7) is 4.05. The van der Waals surface area contributed by atoms with Gasteiger partial charge in [0.25, 0.3) is 0 Å². The third kappa shape index (κ3) is 6.54. The summed E-state index contributed by atoms with van der Waals surface area (Å²) < 4.78 is 0. The number of rotatable bonds is 4. The van der Waals surface area contributed by atoms with Crippen molar-refractivity contribution in [3.05, 3.63) is 70.3 Å². The summed E-state index contributed by atoms with van der Waals surface area (Å²) in [6.07, 6.45) is 1.47. The van der Waals surface area contributed by atoms with Gasteiger partial charge < -0.3 is 15.2 Å². The van der Waals surface area contributed by atoms with Crippen LogP contribution in [-0.2, 0) is 4.84 Å². The lowest BCUT2D eigenvalue weighted by Crippen LogP contribution is -2.07. The van der Waals surface area contributed by atoms with E-state index < -0.39 is 5.97 Å². The molecule has 0 aliphatic heterocycles. The number of alkyl halides is 1. The van der Waals surface area contributed by atoms with Crippen molar-refractivity contribution in [1.82, 2.24) is 0 Å². The molecule has 2 rings (SSSR count). The molecule has 25 heavy (non-hydrogen) atoms. The van der Waals surface area contributed by atoms with Gasteiger partial charge in [0.15, 0.2) is 0 Å². The molecular weight excluding hydrogens is 344 g/mol. The molecule has 0 saturated carbocycles. The average Bonchev–Trinajstić information content (AvgIpc) is 2.64. The van der Waals surface area contributed by atoms with Crippen molar-refractivity contribution in [3.8, 4) is 0 Å². The first-order valence-corrected chi connectivity index (χ1v) is 7.94. The van der Waals surface area contributed by atoms with Crippen LogP contribution in [0.2, 0.25) is 0 Å². The highest BCUT2D eigenvalue weighted by molar-refractivity contribution is 6.15. The molecule has 0 bridgehead atoms. The fourth-order valence-electron chi connectivity index (χ4n) is 2.20. The molecule has 0 unspecified atom stereocenters. The zero-order valence-electron chi connectivity index (χ0n) is 14.7. The average molecular weight is 367 g/mol. The molecule has 0 fully saturated rings. The van der Waals surface area contributed by atoms with Crippen LogP contribution in [0.3, 0.4) is 0 Å². The Morgan fingerprint density at radius 1 is 1.04 bits per heavy atom. The molecule has 0 spiro atoms. The number of carboxylic acids is 1. The summed E-state index contributed by atoms with van der Waals surface area (Å²) in [7, 11) is 1.50. The highest BCUT2D eigenvalue weighted by Crippen LogP contribution is 2.17. The molecule has 4 N–H and O–H groups in total. The molecule has 0 amide bonds. The number of nitrogens with two attached hydrogens (primary N) is 1. The number of halogens is 1. The maximum Gasteiger partial charge on any atom is 0.335 e. The summed E-state index contributed by atoms with van der Waals surface area (Å²) in [4.78, 5) is 15.9. The van der Waals surface area contributed by atoms with Gasteiger partial charge >= 0.3 is 5.97 Å². The molecule has 0 saturated heterocycles. The third-order valence-electron chi connectivity index (χ3n) is 3.22. The molecule has 7 heteroatoms. The summed E-state index contributed by atoms with van der Waals surface area (Å²) in [5, 5.41) is 19.6. The number of hydrogen-bond acceptors (Lipinski definition) is 5. The van der Waals surface area contributed by atoms with Crippen molar-refractivity contribution < 1.29 is 19.9 Å². The van der Waals surface area contributed by atoms with Gasteiger partial charge in [0.05, 0.1) is 5.56 Å². The summed E-state index contributed by atoms with van der Waals surface area (Å²) in [5.74, 6) is 2.55. The van der Waals surface area contributed by atoms with Gasteiger partial charge in [0.2, 0.25) is 0 Å². The van der Waals surface area contributed by atoms with E-state index in [1.54, 1.807) is 24.3 Å². The van der Waals surface area contributed by atoms with Gasteiger partial charge in [-0.3, -0.25) is 0 Å². The van der Waals surface area contributed by atoms with Crippen LogP contribution in [0.4, 0.5) is 0 Å². The number of aryl methyl sites for hydroxylation is 2. The molecule has 136 valence electrons. The maximum atomic E-state index is 10.9. The van der Waals surface area contributed by atoms with E-state index in [1.807, 2.05) is 26.0 Å². The predicted octanol–water partition coefficient (Wildman–Crippen LogP) is 3.59. The minimum Gasteiger partial charge on any atom is -0.478 e. The summed E-state index contributed by atoms with van der Waals surface area (Å²) in [6, 6.07) is 12.7. The SMILES string of the molecule is CCl.CO/N=C(\c1ccc(C(=O)O)cc1)c1ccc(C)cc1C.NO. The molecule has 0 atom stereocenters. The largest absolute Gasteiger partial charge is 0.478 e. The van der Waals surface area contributed by atoms with Gasteiger partial charge in [-0.1, -0.05) is 41.1 Å². The second-order valence-corrected chi connectivity index (χ2v) is 4.82. The van der Waals surface area contributed by atoms with Crippen molar-refractivity contribution in [2.24, 2.45) is 11.1 Å². The zero-order chi connectivity index (χ0) is 19.4. The van der Waals surface area contributed by atoms with Gasteiger partial charge in [0.1, 0.15) is 12.8 Å². The number of aromatic carboxylic acids is 1. The van der Waals surface area contributed by atoms with E-state index in [0.29, 0.717) is 5.71 Å². The molecule has 0 aromatic heterocycles. The molecule has 2 aromatic rings. The Balaban J connectivity index is 0.00000134. The first kappa shape index (κ1) is 22.6. The van der Waals surface area contributed by atoms with Crippen LogP contribution in [0.15, 0.2) is 47.6 Å². The minimum absolute atomic E-state index is 0.246. The van der Waals surface area contributed by atoms with Gasteiger partial charge in [-0.05, 0) is 31.5 Å². The number of benzene rings is 2. The van der Waals surface area contributed by atoms with Crippen LogP contribution < -0.4 is 5.90 Å². The van der Waals surface area contributed by atoms with Crippen molar-refractivity contribution in [3.63, 3.8) is 0 Å². The molecule has 6 nitrogen and oxygen atoms in total. The maximum absolute atomic E-state index is 10.9. The van der Waals surface area contributed by atoms with Gasteiger partial charge in [-0.25, -0.2) is 10.7 Å². The van der Waals surface area contributed by atoms with Gasteiger partial charge in [0, 0.05) is 17.5 Å². The Bertz CT molecular complexity index is 701. The van der Waals surface area contributed by atoms with E-state index in [4.69, 9.17) is 15.2 Å². The first-order valence-electron chi connectivity index (χ1n) is 7.19. The van der Waals surface area contributed by atoms with E-state index in [2.05, 4.69) is 28.7 Å². The Hall–Kier alpha value is -2.41. The topological polar surface area (TPSA) is 105 Å². The lowest BCUT2D eigenvalue weighted by Gasteiger charge is -2.10. The quantitative estimate of drug-likeness (QED) is 0.435. The standard InChI is InChI=1S/C17H17NO3.CH3Cl.H3NO/c1-11-4-9-15(12(2)10-11)16(18-21-3)13-5-7-14(8-6-13)17(19)20;2*1-2/h4-10H,1-3H3,(H,19,20);1H3;2H,1H2/b18-16+;;. The van der Waals surface area contributed by atoms with Gasteiger partial charge in [-0.15, -0.1) is 11.6 Å². The zero-order valence-corrected chi connectivity index (χ0v) is 15.4. The molecule has 0 radical (unpaired) electrons. The predicted molar refractivity (Wildman–Crippen MR) is 99.7 cm³/mol. The van der Waals surface area contributed by atoms with Crippen molar-refractivity contribution >= 4 is 23.3 Å². The van der Waals surface area contributed by atoms with E-state index in [-0.39, 0.29) is 5.56 Å². The minimum atomic E-state index is -0.946. The lowest BCUT2D eigenvalue weighted by atomic mass is 9.96. The second kappa shape index (κ2) is 12.0. The van der Waals surface area contributed by atoms with Crippen LogP contribution in [0, 0.1) is 13.8 Å². The fraction of sp³-hybridized carbons (Fsp3) is 0.222. The third-order valence-corrected chi connectivity index (χ3v) is 3.22. The summed E-state index contributed by atoms with van der Waals surface area (Å²) >= 11 is 4.64. The van der Waals surface area contributed by atoms with E-state index in [9.17, 15) is 4.79 Å². The van der Waals surface area contributed by atoms with Crippen LogP contribution in [-0.4, -0.2) is 35.5 Å². The second-order valence-electron chi connectivity index (χ2n) is 4.82. The summed E-state index contributed by atoms with van der Waals surface area (Å²) in [5.41, 5.74) is 4.98.